The first kappa shape index (κ1) is 15.3. The van der Waals surface area contributed by atoms with Gasteiger partial charge in [0.05, 0.1) is 19.6 Å². The van der Waals surface area contributed by atoms with E-state index in [2.05, 4.69) is 0 Å². The molecule has 0 bridgehead atoms. The summed E-state index contributed by atoms with van der Waals surface area (Å²) in [6.07, 6.45) is 0. The lowest BCUT2D eigenvalue weighted by Crippen LogP contribution is -2.38. The highest BCUT2D eigenvalue weighted by atomic mass is 19.1. The van der Waals surface area contributed by atoms with E-state index >= 15 is 0 Å². The first-order valence-corrected chi connectivity index (χ1v) is 5.95. The highest BCUT2D eigenvalue weighted by Crippen LogP contribution is 2.26. The molecule has 0 saturated carbocycles. The normalized spacial score (nSPS) is 11.1. The second-order valence-corrected chi connectivity index (χ2v) is 5.05. The van der Waals surface area contributed by atoms with E-state index in [0.29, 0.717) is 12.2 Å². The van der Waals surface area contributed by atoms with E-state index in [0.717, 1.165) is 0 Å². The summed E-state index contributed by atoms with van der Waals surface area (Å²) in [5.74, 6) is -0.527. The topological polar surface area (TPSA) is 38.8 Å². The van der Waals surface area contributed by atoms with Crippen LogP contribution in [-0.2, 0) is 9.53 Å². The predicted molar refractivity (Wildman–Crippen MR) is 72.0 cm³/mol. The minimum absolute atomic E-state index is 0.198. The van der Waals surface area contributed by atoms with E-state index in [-0.39, 0.29) is 11.7 Å². The smallest absolute Gasteiger partial charge is 0.313 e. The van der Waals surface area contributed by atoms with Crippen molar-refractivity contribution < 1.29 is 18.7 Å². The zero-order valence-electron chi connectivity index (χ0n) is 12.0. The van der Waals surface area contributed by atoms with Gasteiger partial charge in [-0.15, -0.1) is 0 Å². The fourth-order valence-electron chi connectivity index (χ4n) is 1.92. The zero-order valence-corrected chi connectivity index (χ0v) is 12.0. The number of hydrogen-bond donors (Lipinski definition) is 0. The molecule has 19 heavy (non-hydrogen) atoms. The lowest BCUT2D eigenvalue weighted by Gasteiger charge is -2.29. The van der Waals surface area contributed by atoms with Crippen molar-refractivity contribution >= 4 is 11.7 Å². The van der Waals surface area contributed by atoms with Crippen LogP contribution in [0.3, 0.4) is 0 Å². The Morgan fingerprint density at radius 2 is 2.00 bits per heavy atom. The molecule has 0 spiro atoms. The molecule has 4 nitrogen and oxygen atoms in total. The Bertz CT molecular complexity index is 460. The number of carbonyl (C=O) groups excluding carboxylic acids is 1. The molecule has 0 aliphatic carbocycles. The Labute approximate surface area is 113 Å². The van der Waals surface area contributed by atoms with Crippen LogP contribution in [0.4, 0.5) is 10.1 Å². The van der Waals surface area contributed by atoms with Gasteiger partial charge in [-0.2, -0.15) is 0 Å². The number of rotatable bonds is 5. The standard InChI is InChI=1S/C14H20FNO3/c1-14(2,13(17)19-5)9-16(3)10-6-7-12(18-4)11(15)8-10/h6-8H,9H2,1-5H3. The van der Waals surface area contributed by atoms with E-state index in [1.165, 1.54) is 20.3 Å². The lowest BCUT2D eigenvalue weighted by molar-refractivity contribution is -0.150. The fourth-order valence-corrected chi connectivity index (χ4v) is 1.92. The van der Waals surface area contributed by atoms with Crippen molar-refractivity contribution in [1.29, 1.82) is 0 Å². The maximum absolute atomic E-state index is 13.6. The summed E-state index contributed by atoms with van der Waals surface area (Å²) in [5, 5.41) is 0. The fraction of sp³-hybridized carbons (Fsp3) is 0.500. The van der Waals surface area contributed by atoms with Gasteiger partial charge in [0.2, 0.25) is 0 Å². The van der Waals surface area contributed by atoms with Gasteiger partial charge >= 0.3 is 5.97 Å². The zero-order chi connectivity index (χ0) is 14.6. The Hall–Kier alpha value is -1.78. The Morgan fingerprint density at radius 1 is 1.37 bits per heavy atom. The number of nitrogens with zero attached hydrogens (tertiary/aromatic N) is 1. The van der Waals surface area contributed by atoms with Crippen molar-refractivity contribution in [1.82, 2.24) is 0 Å². The summed E-state index contributed by atoms with van der Waals surface area (Å²) in [4.78, 5) is 13.4. The summed E-state index contributed by atoms with van der Waals surface area (Å²) >= 11 is 0. The summed E-state index contributed by atoms with van der Waals surface area (Å²) in [6, 6.07) is 4.69. The quantitative estimate of drug-likeness (QED) is 0.770. The van der Waals surface area contributed by atoms with Crippen molar-refractivity contribution in [2.75, 3.05) is 32.7 Å². The van der Waals surface area contributed by atoms with Gasteiger partial charge in [-0.05, 0) is 26.0 Å². The molecule has 0 aromatic heterocycles. The van der Waals surface area contributed by atoms with Crippen LogP contribution in [0.25, 0.3) is 0 Å². The van der Waals surface area contributed by atoms with Crippen LogP contribution in [0.5, 0.6) is 5.75 Å². The Balaban J connectivity index is 2.86. The molecule has 106 valence electrons. The summed E-state index contributed by atoms with van der Waals surface area (Å²) in [7, 11) is 4.57. The van der Waals surface area contributed by atoms with Crippen molar-refractivity contribution in [2.45, 2.75) is 13.8 Å². The number of esters is 1. The number of methoxy groups -OCH3 is 2. The Kier molecular flexibility index (Phi) is 4.75. The highest BCUT2D eigenvalue weighted by Gasteiger charge is 2.30. The lowest BCUT2D eigenvalue weighted by atomic mass is 9.93. The van der Waals surface area contributed by atoms with Crippen LogP contribution in [0.1, 0.15) is 13.8 Å². The second kappa shape index (κ2) is 5.91. The number of halogens is 1. The van der Waals surface area contributed by atoms with Crippen molar-refractivity contribution in [3.8, 4) is 5.75 Å². The number of anilines is 1. The van der Waals surface area contributed by atoms with Crippen LogP contribution in [-0.4, -0.2) is 33.8 Å². The third kappa shape index (κ3) is 3.59. The van der Waals surface area contributed by atoms with Crippen LogP contribution in [0.2, 0.25) is 0 Å². The number of ether oxygens (including phenoxy) is 2. The Morgan fingerprint density at radius 3 is 2.47 bits per heavy atom. The van der Waals surface area contributed by atoms with Crippen molar-refractivity contribution in [2.24, 2.45) is 5.41 Å². The third-order valence-electron chi connectivity index (χ3n) is 2.95. The average Bonchev–Trinajstić information content (AvgIpc) is 2.36. The van der Waals surface area contributed by atoms with Gasteiger partial charge in [0.15, 0.2) is 11.6 Å². The average molecular weight is 269 g/mol. The number of hydrogen-bond acceptors (Lipinski definition) is 4. The molecule has 0 saturated heterocycles. The second-order valence-electron chi connectivity index (χ2n) is 5.05. The molecular formula is C14H20FNO3. The summed E-state index contributed by atoms with van der Waals surface area (Å²) in [6.45, 7) is 4.00. The van der Waals surface area contributed by atoms with E-state index in [4.69, 9.17) is 9.47 Å². The SMILES string of the molecule is COC(=O)C(C)(C)CN(C)c1ccc(OC)c(F)c1. The van der Waals surface area contributed by atoms with Crippen molar-refractivity contribution in [3.63, 3.8) is 0 Å². The van der Waals surface area contributed by atoms with Crippen LogP contribution < -0.4 is 9.64 Å². The molecule has 0 N–H and O–H groups in total. The van der Waals surface area contributed by atoms with E-state index < -0.39 is 11.2 Å². The molecule has 0 radical (unpaired) electrons. The minimum Gasteiger partial charge on any atom is -0.494 e. The summed E-state index contributed by atoms with van der Waals surface area (Å²) < 4.78 is 23.2. The maximum atomic E-state index is 13.6. The molecule has 0 fully saturated rings. The molecule has 0 amide bonds. The van der Waals surface area contributed by atoms with Gasteiger partial charge in [-0.1, -0.05) is 0 Å². The first-order valence-electron chi connectivity index (χ1n) is 5.95. The molecular weight excluding hydrogens is 249 g/mol. The van der Waals surface area contributed by atoms with E-state index in [1.807, 2.05) is 0 Å². The van der Waals surface area contributed by atoms with Crippen molar-refractivity contribution in [3.05, 3.63) is 24.0 Å². The van der Waals surface area contributed by atoms with E-state index in [1.54, 1.807) is 37.9 Å². The molecule has 5 heteroatoms. The van der Waals surface area contributed by atoms with Crippen LogP contribution in [0.15, 0.2) is 18.2 Å². The van der Waals surface area contributed by atoms with Crippen LogP contribution in [0, 0.1) is 11.2 Å². The van der Waals surface area contributed by atoms with Crippen LogP contribution >= 0.6 is 0 Å². The molecule has 0 aliphatic heterocycles. The summed E-state index contributed by atoms with van der Waals surface area (Å²) in [5.41, 5.74) is 0.00942. The molecule has 0 aliphatic rings. The first-order chi connectivity index (χ1) is 8.81. The molecule has 1 rings (SSSR count). The number of benzene rings is 1. The molecule has 0 unspecified atom stereocenters. The van der Waals surface area contributed by atoms with Gasteiger partial charge in [0, 0.05) is 25.3 Å². The van der Waals surface area contributed by atoms with E-state index in [9.17, 15) is 9.18 Å². The predicted octanol–water partition coefficient (Wildman–Crippen LogP) is 2.47. The van der Waals surface area contributed by atoms with Gasteiger partial charge in [-0.3, -0.25) is 4.79 Å². The number of carbonyl (C=O) groups is 1. The van der Waals surface area contributed by atoms with Gasteiger partial charge in [0.1, 0.15) is 0 Å². The maximum Gasteiger partial charge on any atom is 0.313 e. The highest BCUT2D eigenvalue weighted by molar-refractivity contribution is 5.76. The largest absolute Gasteiger partial charge is 0.494 e. The third-order valence-corrected chi connectivity index (χ3v) is 2.95. The van der Waals surface area contributed by atoms with Gasteiger partial charge in [0.25, 0.3) is 0 Å². The molecule has 0 atom stereocenters. The van der Waals surface area contributed by atoms with Gasteiger partial charge < -0.3 is 14.4 Å². The molecule has 0 heterocycles. The molecule has 1 aromatic carbocycles. The minimum atomic E-state index is -0.667. The molecule has 1 aromatic rings. The monoisotopic (exact) mass is 269 g/mol. The van der Waals surface area contributed by atoms with Gasteiger partial charge in [-0.25, -0.2) is 4.39 Å².